The summed E-state index contributed by atoms with van der Waals surface area (Å²) in [6.07, 6.45) is -3.49. The monoisotopic (exact) mass is 628 g/mol. The maximum Gasteiger partial charge on any atom is 0.221 e. The largest absolute Gasteiger partial charge is 0.374 e. The van der Waals surface area contributed by atoms with Crippen molar-refractivity contribution in [3.63, 3.8) is 0 Å². The zero-order valence-electron chi connectivity index (χ0n) is 26.7. The molecule has 1 saturated heterocycles. The van der Waals surface area contributed by atoms with Crippen molar-refractivity contribution in [3.05, 3.63) is 144 Å². The Balaban J connectivity index is 1.44. The van der Waals surface area contributed by atoms with Gasteiger partial charge in [-0.05, 0) is 36.1 Å². The first-order valence-corrected chi connectivity index (χ1v) is 15.6. The molecule has 0 unspecified atom stereocenters. The fraction of sp³-hybridized carbons (Fsp3) is 0.368. The molecule has 8 nitrogen and oxygen atoms in total. The van der Waals surface area contributed by atoms with Gasteiger partial charge in [0.2, 0.25) is 6.29 Å². The Kier molecular flexibility index (Phi) is 12.9. The molecule has 5 atom stereocenters. The molecule has 244 valence electrons. The van der Waals surface area contributed by atoms with Crippen LogP contribution in [0.3, 0.4) is 0 Å². The van der Waals surface area contributed by atoms with Crippen molar-refractivity contribution >= 4 is 0 Å². The van der Waals surface area contributed by atoms with Gasteiger partial charge in [-0.2, -0.15) is 9.78 Å². The van der Waals surface area contributed by atoms with Crippen molar-refractivity contribution in [2.24, 2.45) is 0 Å². The molecule has 4 aromatic rings. The number of rotatable bonds is 17. The molecule has 46 heavy (non-hydrogen) atoms. The molecule has 0 spiro atoms. The van der Waals surface area contributed by atoms with E-state index in [1.165, 1.54) is 0 Å². The Labute approximate surface area is 272 Å². The van der Waals surface area contributed by atoms with Crippen molar-refractivity contribution in [3.8, 4) is 0 Å². The van der Waals surface area contributed by atoms with Crippen LogP contribution in [0.2, 0.25) is 0 Å². The summed E-state index contributed by atoms with van der Waals surface area (Å²) < 4.78 is 38.2. The van der Waals surface area contributed by atoms with Crippen LogP contribution in [0.4, 0.5) is 0 Å². The average Bonchev–Trinajstić information content (AvgIpc) is 3.10. The zero-order chi connectivity index (χ0) is 32.0. The molecule has 0 amide bonds. The molecule has 0 aliphatic carbocycles. The molecule has 5 rings (SSSR count). The Morgan fingerprint density at radius 1 is 0.543 bits per heavy atom. The Hall–Kier alpha value is -3.44. The Bertz CT molecular complexity index is 1390. The molecule has 0 radical (unpaired) electrons. The van der Waals surface area contributed by atoms with E-state index in [-0.39, 0.29) is 6.61 Å². The third kappa shape index (κ3) is 10.3. The number of hydrogen-bond acceptors (Lipinski definition) is 8. The molecule has 0 N–H and O–H groups in total. The number of methoxy groups -OCH3 is 1. The van der Waals surface area contributed by atoms with E-state index in [0.717, 1.165) is 22.3 Å². The first-order valence-electron chi connectivity index (χ1n) is 15.6. The Morgan fingerprint density at radius 2 is 0.957 bits per heavy atom. The highest BCUT2D eigenvalue weighted by molar-refractivity contribution is 5.16. The highest BCUT2D eigenvalue weighted by atomic mass is 17.3. The molecule has 1 aliphatic heterocycles. The van der Waals surface area contributed by atoms with Gasteiger partial charge in [0.1, 0.15) is 24.4 Å². The number of ether oxygens (including phenoxy) is 6. The summed E-state index contributed by atoms with van der Waals surface area (Å²) in [7, 11) is 1.55. The minimum atomic E-state index is -1.03. The van der Waals surface area contributed by atoms with Crippen LogP contribution in [-0.2, 0) is 64.6 Å². The summed E-state index contributed by atoms with van der Waals surface area (Å²) in [5.74, 6) is -1.03. The molecule has 0 aromatic heterocycles. The standard InChI is InChI=1S/C38H44O8/c1-38(2,39-3)46-45-37-36(43-27-32-22-14-7-15-23-32)35(42-26-31-20-12-6-13-21-31)34(41-25-30-18-10-5-11-19-30)33(44-37)28-40-24-29-16-8-4-9-17-29/h4-23,33-37H,24-28H2,1-3H3/t33-,34-,35+,36-,37-/m1/s1. The van der Waals surface area contributed by atoms with E-state index in [1.54, 1.807) is 21.0 Å². The summed E-state index contributed by atoms with van der Waals surface area (Å²) in [5.41, 5.74) is 4.09. The molecule has 4 aromatic carbocycles. The molecule has 0 bridgehead atoms. The average molecular weight is 629 g/mol. The van der Waals surface area contributed by atoms with E-state index in [2.05, 4.69) is 0 Å². The van der Waals surface area contributed by atoms with Gasteiger partial charge < -0.3 is 28.4 Å². The van der Waals surface area contributed by atoms with Gasteiger partial charge in [-0.1, -0.05) is 121 Å². The van der Waals surface area contributed by atoms with Crippen LogP contribution < -0.4 is 0 Å². The zero-order valence-corrected chi connectivity index (χ0v) is 26.7. The maximum absolute atomic E-state index is 6.70. The van der Waals surface area contributed by atoms with Gasteiger partial charge >= 0.3 is 0 Å². The van der Waals surface area contributed by atoms with E-state index in [9.17, 15) is 0 Å². The van der Waals surface area contributed by atoms with Crippen molar-refractivity contribution in [1.82, 2.24) is 0 Å². The van der Waals surface area contributed by atoms with E-state index in [1.807, 2.05) is 121 Å². The van der Waals surface area contributed by atoms with Crippen molar-refractivity contribution in [2.75, 3.05) is 13.7 Å². The van der Waals surface area contributed by atoms with Crippen LogP contribution in [0, 0.1) is 0 Å². The smallest absolute Gasteiger partial charge is 0.221 e. The van der Waals surface area contributed by atoms with Gasteiger partial charge in [-0.25, -0.2) is 0 Å². The van der Waals surface area contributed by atoms with Crippen molar-refractivity contribution in [1.29, 1.82) is 0 Å². The minimum absolute atomic E-state index is 0.221. The van der Waals surface area contributed by atoms with Gasteiger partial charge in [0, 0.05) is 7.11 Å². The number of benzene rings is 4. The van der Waals surface area contributed by atoms with Gasteiger partial charge in [0.25, 0.3) is 0 Å². The lowest BCUT2D eigenvalue weighted by molar-refractivity contribution is -0.489. The molecule has 1 fully saturated rings. The topological polar surface area (TPSA) is 73.8 Å². The SMILES string of the molecule is COC(C)(C)OO[C@H]1O[C@H](COCc2ccccc2)[C@@H](OCc2ccccc2)[C@H](OCc2ccccc2)[C@H]1OCc1ccccc1. The predicted molar refractivity (Wildman–Crippen MR) is 173 cm³/mol. The van der Waals surface area contributed by atoms with Crippen LogP contribution in [-0.4, -0.2) is 50.2 Å². The van der Waals surface area contributed by atoms with Crippen LogP contribution in [0.15, 0.2) is 121 Å². The highest BCUT2D eigenvalue weighted by Gasteiger charge is 2.50. The summed E-state index contributed by atoms with van der Waals surface area (Å²) in [6, 6.07) is 40.0. The van der Waals surface area contributed by atoms with Crippen LogP contribution in [0.1, 0.15) is 36.1 Å². The highest BCUT2D eigenvalue weighted by Crippen LogP contribution is 2.32. The lowest BCUT2D eigenvalue weighted by atomic mass is 9.98. The fourth-order valence-electron chi connectivity index (χ4n) is 5.02. The summed E-state index contributed by atoms with van der Waals surface area (Å²) in [4.78, 5) is 11.7. The number of hydrogen-bond donors (Lipinski definition) is 0. The van der Waals surface area contributed by atoms with E-state index in [0.29, 0.717) is 26.4 Å². The maximum atomic E-state index is 6.70. The molecule has 1 aliphatic rings. The Morgan fingerprint density at radius 3 is 1.41 bits per heavy atom. The normalized spacial score (nSPS) is 21.7. The van der Waals surface area contributed by atoms with Crippen LogP contribution in [0.5, 0.6) is 0 Å². The second kappa shape index (κ2) is 17.5. The van der Waals surface area contributed by atoms with E-state index < -0.39 is 36.5 Å². The second-order valence-corrected chi connectivity index (χ2v) is 11.6. The van der Waals surface area contributed by atoms with Gasteiger partial charge in [-0.3, -0.25) is 0 Å². The molecular formula is C38H44O8. The summed E-state index contributed by atoms with van der Waals surface area (Å²) >= 11 is 0. The van der Waals surface area contributed by atoms with Crippen LogP contribution >= 0.6 is 0 Å². The first kappa shape index (κ1) is 33.9. The van der Waals surface area contributed by atoms with Crippen molar-refractivity contribution in [2.45, 2.75) is 76.8 Å². The summed E-state index contributed by atoms with van der Waals surface area (Å²) in [6.45, 7) is 5.12. The van der Waals surface area contributed by atoms with Gasteiger partial charge in [-0.15, -0.1) is 0 Å². The lowest BCUT2D eigenvalue weighted by Gasteiger charge is -2.45. The lowest BCUT2D eigenvalue weighted by Crippen LogP contribution is -2.62. The minimum Gasteiger partial charge on any atom is -0.374 e. The molecule has 8 heteroatoms. The molecular weight excluding hydrogens is 584 g/mol. The summed E-state index contributed by atoms with van der Waals surface area (Å²) in [5, 5.41) is 0. The fourth-order valence-corrected chi connectivity index (χ4v) is 5.02. The molecule has 0 saturated carbocycles. The quantitative estimate of drug-likeness (QED) is 0.0702. The van der Waals surface area contributed by atoms with Gasteiger partial charge in [0.15, 0.2) is 5.79 Å². The first-order chi connectivity index (χ1) is 22.5. The molecule has 1 heterocycles. The predicted octanol–water partition coefficient (Wildman–Crippen LogP) is 7.02. The van der Waals surface area contributed by atoms with Crippen molar-refractivity contribution < 1.29 is 38.2 Å². The second-order valence-electron chi connectivity index (χ2n) is 11.6. The van der Waals surface area contributed by atoms with E-state index >= 15 is 0 Å². The van der Waals surface area contributed by atoms with E-state index in [4.69, 9.17) is 38.2 Å². The van der Waals surface area contributed by atoms with Gasteiger partial charge in [0.05, 0.1) is 33.0 Å². The third-order valence-electron chi connectivity index (χ3n) is 7.68. The van der Waals surface area contributed by atoms with Crippen LogP contribution in [0.25, 0.3) is 0 Å². The third-order valence-corrected chi connectivity index (χ3v) is 7.68.